The Balaban J connectivity index is -0.00000176. The van der Waals surface area contributed by atoms with Crippen molar-refractivity contribution in [1.82, 2.24) is 0 Å². The standard InChI is InChI=1S/C35H72O10S2.2Na.2H/c1-3-5-7-9-11-13-15-17-19-21-25-42-31-35(33-44-27-23-29-46(36,37)38,34-45-28-24-30-47(39,40)41)32-43-26-22-20-18-16-14-12-10-8-6-4-2;;;;/h3-34H2,1-2H3,(H,36,37,38)(H,39,40,41);;;;/q;2*+1;2*-1. The minimum Gasteiger partial charge on any atom is -1.00 e. The van der Waals surface area contributed by atoms with Gasteiger partial charge in [-0.1, -0.05) is 129 Å². The van der Waals surface area contributed by atoms with Crippen LogP contribution in [0.5, 0.6) is 0 Å². The number of hydrogen-bond donors (Lipinski definition) is 2. The molecule has 0 aliphatic heterocycles. The summed E-state index contributed by atoms with van der Waals surface area (Å²) in [5.74, 6) is -0.757. The molecule has 2 N–H and O–H groups in total. The SMILES string of the molecule is CCCCCCCCCCCCOCC(COCCCCCCCCCCCC)(COCCCS(=O)(=O)O)COCCCS(=O)(=O)O.[H-].[H-].[Na+].[Na+]. The summed E-state index contributed by atoms with van der Waals surface area (Å²) in [6.45, 7) is 6.99. The normalized spacial score (nSPS) is 12.2. The Kier molecular flexibility index (Phi) is 42.6. The van der Waals surface area contributed by atoms with Crippen molar-refractivity contribution in [3.8, 4) is 0 Å². The molecule has 0 fully saturated rings. The summed E-state index contributed by atoms with van der Waals surface area (Å²) in [6.07, 6.45) is 25.0. The van der Waals surface area contributed by atoms with Gasteiger partial charge in [-0.2, -0.15) is 16.8 Å². The maximum atomic E-state index is 11.1. The zero-order valence-corrected chi connectivity index (χ0v) is 37.7. The smallest absolute Gasteiger partial charge is 1.00 e. The van der Waals surface area contributed by atoms with Gasteiger partial charge in [0.25, 0.3) is 20.2 Å². The molecule has 0 spiro atoms. The minimum atomic E-state index is -4.07. The van der Waals surface area contributed by atoms with Crippen LogP contribution >= 0.6 is 0 Å². The fourth-order valence-electron chi connectivity index (χ4n) is 5.47. The van der Waals surface area contributed by atoms with Crippen molar-refractivity contribution >= 4 is 20.2 Å². The molecule has 0 rings (SSSR count). The first kappa shape index (κ1) is 55.0. The molecule has 0 heterocycles. The molecule has 10 nitrogen and oxygen atoms in total. The van der Waals surface area contributed by atoms with Crippen LogP contribution in [0.25, 0.3) is 0 Å². The molecule has 0 atom stereocenters. The van der Waals surface area contributed by atoms with Gasteiger partial charge in [0.05, 0.1) is 43.3 Å². The largest absolute Gasteiger partial charge is 1.00 e. The van der Waals surface area contributed by atoms with Crippen molar-refractivity contribution in [2.24, 2.45) is 5.41 Å². The Morgan fingerprint density at radius 1 is 0.408 bits per heavy atom. The van der Waals surface area contributed by atoms with Crippen LogP contribution in [0.4, 0.5) is 0 Å². The first-order valence-corrected chi connectivity index (χ1v) is 22.0. The molecule has 0 aromatic rings. The van der Waals surface area contributed by atoms with Gasteiger partial charge >= 0.3 is 59.1 Å². The zero-order chi connectivity index (χ0) is 35.0. The molecule has 288 valence electrons. The summed E-state index contributed by atoms with van der Waals surface area (Å²) < 4.78 is 86.6. The maximum absolute atomic E-state index is 11.1. The summed E-state index contributed by atoms with van der Waals surface area (Å²) in [6, 6.07) is 0. The second-order valence-corrected chi connectivity index (χ2v) is 16.5. The first-order valence-electron chi connectivity index (χ1n) is 18.7. The number of rotatable bonds is 38. The van der Waals surface area contributed by atoms with Crippen molar-refractivity contribution in [3.63, 3.8) is 0 Å². The van der Waals surface area contributed by atoms with Crippen LogP contribution in [0.2, 0.25) is 0 Å². The van der Waals surface area contributed by atoms with Crippen molar-refractivity contribution in [2.75, 3.05) is 64.4 Å². The van der Waals surface area contributed by atoms with Crippen LogP contribution in [0, 0.1) is 5.41 Å². The second-order valence-electron chi connectivity index (χ2n) is 13.4. The van der Waals surface area contributed by atoms with E-state index in [-0.39, 0.29) is 113 Å². The van der Waals surface area contributed by atoms with E-state index in [0.717, 1.165) is 25.7 Å². The summed E-state index contributed by atoms with van der Waals surface area (Å²) in [5, 5.41) is 0. The Morgan fingerprint density at radius 3 is 0.878 bits per heavy atom. The van der Waals surface area contributed by atoms with Crippen LogP contribution in [-0.4, -0.2) is 90.3 Å². The number of ether oxygens (including phenoxy) is 4. The van der Waals surface area contributed by atoms with E-state index in [1.165, 1.54) is 103 Å². The molecule has 0 unspecified atom stereocenters. The van der Waals surface area contributed by atoms with Gasteiger partial charge in [0.2, 0.25) is 0 Å². The number of hydrogen-bond acceptors (Lipinski definition) is 8. The van der Waals surface area contributed by atoms with Crippen molar-refractivity contribution in [2.45, 2.75) is 155 Å². The Hall–Kier alpha value is 1.66. The molecule has 0 aromatic carbocycles. The molecule has 0 saturated heterocycles. The van der Waals surface area contributed by atoms with Gasteiger partial charge in [-0.05, 0) is 25.7 Å². The van der Waals surface area contributed by atoms with Crippen LogP contribution < -0.4 is 59.1 Å². The molecule has 0 aromatic heterocycles. The fraction of sp³-hybridized carbons (Fsp3) is 1.00. The van der Waals surface area contributed by atoms with E-state index in [1.54, 1.807) is 0 Å². The molecule has 0 bridgehead atoms. The fourth-order valence-corrected chi connectivity index (χ4v) is 6.44. The Labute approximate surface area is 349 Å². The third-order valence-electron chi connectivity index (χ3n) is 8.30. The molecular weight excluding hydrogens is 690 g/mol. The topological polar surface area (TPSA) is 146 Å². The Morgan fingerprint density at radius 2 is 0.633 bits per heavy atom. The van der Waals surface area contributed by atoms with Gasteiger partial charge < -0.3 is 21.8 Å². The zero-order valence-electron chi connectivity index (χ0n) is 34.1. The maximum Gasteiger partial charge on any atom is 1.00 e. The second kappa shape index (κ2) is 38.0. The summed E-state index contributed by atoms with van der Waals surface area (Å²) in [5.41, 5.74) is -0.673. The third-order valence-corrected chi connectivity index (χ3v) is 9.91. The molecule has 49 heavy (non-hydrogen) atoms. The Bertz CT molecular complexity index is 833. The summed E-state index contributed by atoms with van der Waals surface area (Å²) >= 11 is 0. The first-order chi connectivity index (χ1) is 22.5. The van der Waals surface area contributed by atoms with E-state index in [0.29, 0.717) is 26.4 Å². The van der Waals surface area contributed by atoms with E-state index < -0.39 is 25.7 Å². The molecule has 14 heteroatoms. The van der Waals surface area contributed by atoms with Crippen molar-refractivity contribution < 1.29 is 107 Å². The van der Waals surface area contributed by atoms with E-state index in [2.05, 4.69) is 13.8 Å². The summed E-state index contributed by atoms with van der Waals surface area (Å²) in [7, 11) is -8.13. The summed E-state index contributed by atoms with van der Waals surface area (Å²) in [4.78, 5) is 0. The quantitative estimate of drug-likeness (QED) is 0.0547. The van der Waals surface area contributed by atoms with Crippen LogP contribution in [0.1, 0.15) is 158 Å². The van der Waals surface area contributed by atoms with E-state index in [9.17, 15) is 16.8 Å². The van der Waals surface area contributed by atoms with Gasteiger partial charge in [-0.3, -0.25) is 9.11 Å². The van der Waals surface area contributed by atoms with Gasteiger partial charge in [-0.15, -0.1) is 0 Å². The van der Waals surface area contributed by atoms with Gasteiger partial charge in [0.1, 0.15) is 0 Å². The van der Waals surface area contributed by atoms with Crippen molar-refractivity contribution in [3.05, 3.63) is 0 Å². The van der Waals surface area contributed by atoms with E-state index >= 15 is 0 Å². The number of unbranched alkanes of at least 4 members (excludes halogenated alkanes) is 18. The molecule has 0 amide bonds. The molecule has 0 aliphatic carbocycles. The van der Waals surface area contributed by atoms with Crippen LogP contribution in [0.15, 0.2) is 0 Å². The van der Waals surface area contributed by atoms with E-state index in [1.807, 2.05) is 0 Å². The third kappa shape index (κ3) is 42.3. The van der Waals surface area contributed by atoms with Gasteiger partial charge in [-0.25, -0.2) is 0 Å². The monoisotopic (exact) mass is 764 g/mol. The molecule has 0 aliphatic rings. The van der Waals surface area contributed by atoms with Gasteiger partial charge in [0, 0.05) is 26.4 Å². The predicted octanol–water partition coefficient (Wildman–Crippen LogP) is 2.67. The molecule has 0 radical (unpaired) electrons. The van der Waals surface area contributed by atoms with Crippen LogP contribution in [0.3, 0.4) is 0 Å². The van der Waals surface area contributed by atoms with Gasteiger partial charge in [0.15, 0.2) is 0 Å². The predicted molar refractivity (Wildman–Crippen MR) is 194 cm³/mol. The van der Waals surface area contributed by atoms with Crippen LogP contribution in [-0.2, 0) is 39.2 Å². The average molecular weight is 765 g/mol. The average Bonchev–Trinajstić information content (AvgIpc) is 3.00. The minimum absolute atomic E-state index is 0. The molecule has 0 saturated carbocycles. The van der Waals surface area contributed by atoms with Crippen molar-refractivity contribution in [1.29, 1.82) is 0 Å². The van der Waals surface area contributed by atoms with E-state index in [4.69, 9.17) is 28.1 Å². The molecular formula is C35H74Na2O10S2.